The summed E-state index contributed by atoms with van der Waals surface area (Å²) in [5.74, 6) is -0.700. The summed E-state index contributed by atoms with van der Waals surface area (Å²) in [4.78, 5) is 23.1. The second-order valence-electron chi connectivity index (χ2n) is 12.2. The molecule has 0 spiro atoms. The molecule has 0 heterocycles. The summed E-state index contributed by atoms with van der Waals surface area (Å²) in [5, 5.41) is 18.7. The highest BCUT2D eigenvalue weighted by Crippen LogP contribution is 2.18. The van der Waals surface area contributed by atoms with Crippen molar-refractivity contribution in [3.8, 4) is 0 Å². The number of esters is 1. The zero-order valence-corrected chi connectivity index (χ0v) is 27.2. The van der Waals surface area contributed by atoms with Crippen LogP contribution in [0.15, 0.2) is 12.2 Å². The average Bonchev–Trinajstić information content (AvgIpc) is 2.95. The second kappa shape index (κ2) is 31.6. The fourth-order valence-electron chi connectivity index (χ4n) is 5.37. The van der Waals surface area contributed by atoms with Gasteiger partial charge in [-0.3, -0.25) is 9.59 Å². The van der Waals surface area contributed by atoms with Crippen LogP contribution < -0.4 is 0 Å². The second-order valence-corrected chi connectivity index (χ2v) is 12.2. The lowest BCUT2D eigenvalue weighted by molar-refractivity contribution is -0.150. The summed E-state index contributed by atoms with van der Waals surface area (Å²) in [5.41, 5.74) is 0. The first-order chi connectivity index (χ1) is 20.0. The summed E-state index contributed by atoms with van der Waals surface area (Å²) >= 11 is 0. The molecule has 0 bridgehead atoms. The van der Waals surface area contributed by atoms with Gasteiger partial charge in [0.25, 0.3) is 0 Å². The molecule has 0 saturated heterocycles. The molecule has 2 N–H and O–H groups in total. The lowest BCUT2D eigenvalue weighted by Gasteiger charge is -2.18. The predicted molar refractivity (Wildman–Crippen MR) is 173 cm³/mol. The molecule has 0 aliphatic carbocycles. The molecule has 2 atom stereocenters. The van der Waals surface area contributed by atoms with Gasteiger partial charge >= 0.3 is 11.9 Å². The Bertz CT molecular complexity index is 603. The number of aliphatic hydroxyl groups excluding tert-OH is 1. The van der Waals surface area contributed by atoms with Crippen LogP contribution in [0.2, 0.25) is 0 Å². The van der Waals surface area contributed by atoms with Crippen molar-refractivity contribution in [3.63, 3.8) is 0 Å². The van der Waals surface area contributed by atoms with Crippen molar-refractivity contribution in [3.05, 3.63) is 12.2 Å². The van der Waals surface area contributed by atoms with E-state index < -0.39 is 5.97 Å². The van der Waals surface area contributed by atoms with E-state index in [-0.39, 0.29) is 18.2 Å². The highest BCUT2D eigenvalue weighted by Gasteiger charge is 2.14. The Kier molecular flexibility index (Phi) is 30.5. The van der Waals surface area contributed by atoms with Gasteiger partial charge in [0.15, 0.2) is 0 Å². The Morgan fingerprint density at radius 1 is 0.585 bits per heavy atom. The number of ether oxygens (including phenoxy) is 1. The van der Waals surface area contributed by atoms with Gasteiger partial charge in [-0.25, -0.2) is 0 Å². The number of carboxylic acids is 1. The first kappa shape index (κ1) is 39.6. The van der Waals surface area contributed by atoms with Gasteiger partial charge in [-0.05, 0) is 64.2 Å². The maximum Gasteiger partial charge on any atom is 0.306 e. The average molecular weight is 581 g/mol. The number of carbonyl (C=O) groups excluding carboxylic acids is 1. The molecule has 1 unspecified atom stereocenters. The van der Waals surface area contributed by atoms with Crippen LogP contribution in [0, 0.1) is 0 Å². The van der Waals surface area contributed by atoms with Crippen molar-refractivity contribution in [1.29, 1.82) is 0 Å². The molecular formula is C36H68O5. The topological polar surface area (TPSA) is 83.8 Å². The number of aliphatic carboxylic acids is 1. The molecule has 242 valence electrons. The van der Waals surface area contributed by atoms with Crippen molar-refractivity contribution in [2.24, 2.45) is 0 Å². The van der Waals surface area contributed by atoms with E-state index in [1.807, 2.05) is 0 Å². The summed E-state index contributed by atoms with van der Waals surface area (Å²) in [6, 6.07) is 0. The molecule has 0 aromatic rings. The molecular weight excluding hydrogens is 512 g/mol. The van der Waals surface area contributed by atoms with E-state index in [0.717, 1.165) is 83.5 Å². The molecule has 0 aromatic heterocycles. The number of allylic oxidation sites excluding steroid dienone is 1. The highest BCUT2D eigenvalue weighted by molar-refractivity contribution is 5.69. The molecule has 0 saturated carbocycles. The Morgan fingerprint density at radius 2 is 1.05 bits per heavy atom. The van der Waals surface area contributed by atoms with Crippen molar-refractivity contribution in [2.75, 3.05) is 0 Å². The van der Waals surface area contributed by atoms with E-state index in [4.69, 9.17) is 9.84 Å². The molecule has 5 heteroatoms. The van der Waals surface area contributed by atoms with E-state index in [0.29, 0.717) is 12.8 Å². The van der Waals surface area contributed by atoms with Gasteiger partial charge in [0, 0.05) is 12.8 Å². The number of carbonyl (C=O) groups is 2. The van der Waals surface area contributed by atoms with Gasteiger partial charge in [-0.1, -0.05) is 129 Å². The minimum atomic E-state index is -0.689. The number of unbranched alkanes of at least 4 members (excludes halogenated alkanes) is 18. The van der Waals surface area contributed by atoms with Gasteiger partial charge in [0.2, 0.25) is 0 Å². The predicted octanol–water partition coefficient (Wildman–Crippen LogP) is 10.9. The molecule has 0 aromatic carbocycles. The highest BCUT2D eigenvalue weighted by atomic mass is 16.5. The van der Waals surface area contributed by atoms with E-state index in [1.54, 1.807) is 0 Å². The molecule has 0 rings (SSSR count). The minimum Gasteiger partial charge on any atom is -0.481 e. The maximum atomic E-state index is 12.5. The van der Waals surface area contributed by atoms with Gasteiger partial charge in [0.05, 0.1) is 6.10 Å². The summed E-state index contributed by atoms with van der Waals surface area (Å²) in [6.07, 6.45) is 34.0. The molecule has 0 amide bonds. The third kappa shape index (κ3) is 31.4. The summed E-state index contributed by atoms with van der Waals surface area (Å²) < 4.78 is 5.93. The lowest BCUT2D eigenvalue weighted by atomic mass is 10.0. The van der Waals surface area contributed by atoms with Crippen LogP contribution in [0.3, 0.4) is 0 Å². The third-order valence-corrected chi connectivity index (χ3v) is 8.06. The summed E-state index contributed by atoms with van der Waals surface area (Å²) in [7, 11) is 0. The fraction of sp³-hybridized carbons (Fsp3) is 0.889. The largest absolute Gasteiger partial charge is 0.481 e. The van der Waals surface area contributed by atoms with E-state index in [9.17, 15) is 14.7 Å². The van der Waals surface area contributed by atoms with Crippen molar-refractivity contribution in [1.82, 2.24) is 0 Å². The molecule has 0 radical (unpaired) electrons. The lowest BCUT2D eigenvalue weighted by Crippen LogP contribution is -2.18. The summed E-state index contributed by atoms with van der Waals surface area (Å²) in [6.45, 7) is 4.44. The van der Waals surface area contributed by atoms with Gasteiger partial charge in [0.1, 0.15) is 6.10 Å². The Labute approximate surface area is 254 Å². The van der Waals surface area contributed by atoms with Gasteiger partial charge < -0.3 is 14.9 Å². The number of hydrogen-bond donors (Lipinski definition) is 2. The van der Waals surface area contributed by atoms with Gasteiger partial charge in [-0.2, -0.15) is 0 Å². The molecule has 41 heavy (non-hydrogen) atoms. The zero-order valence-electron chi connectivity index (χ0n) is 27.2. The Hall–Kier alpha value is -1.36. The third-order valence-electron chi connectivity index (χ3n) is 8.06. The SMILES string of the molecule is CCCCCCC(CCCCCCCCCCC(=O)O)OC(=O)CCCCCCCC=CC[C@H](O)CCCCCC. The van der Waals surface area contributed by atoms with Crippen molar-refractivity contribution >= 4 is 11.9 Å². The molecule has 0 fully saturated rings. The van der Waals surface area contributed by atoms with E-state index in [1.165, 1.54) is 83.5 Å². The monoisotopic (exact) mass is 581 g/mol. The van der Waals surface area contributed by atoms with Crippen LogP contribution in [0.1, 0.15) is 194 Å². The minimum absolute atomic E-state index is 0.0111. The number of hydrogen-bond acceptors (Lipinski definition) is 4. The maximum absolute atomic E-state index is 12.5. The van der Waals surface area contributed by atoms with E-state index >= 15 is 0 Å². The van der Waals surface area contributed by atoms with Crippen molar-refractivity contribution in [2.45, 2.75) is 206 Å². The standard InChI is InChI=1S/C36H68O5/c1-3-5-7-21-27-33(37)28-22-17-13-9-12-16-20-26-32-36(40)41-34(29-23-8-6-4-2)30-24-18-14-10-11-15-19-25-31-35(38)39/h17,22,33-34,37H,3-16,18-21,23-32H2,1-2H3,(H,38,39)/t33-,34?/m1/s1. The van der Waals surface area contributed by atoms with E-state index in [2.05, 4.69) is 26.0 Å². The van der Waals surface area contributed by atoms with Crippen LogP contribution in [-0.2, 0) is 14.3 Å². The molecule has 0 aliphatic heterocycles. The molecule has 0 aliphatic rings. The smallest absolute Gasteiger partial charge is 0.306 e. The normalized spacial score (nSPS) is 13.0. The van der Waals surface area contributed by atoms with Crippen LogP contribution >= 0.6 is 0 Å². The van der Waals surface area contributed by atoms with Crippen LogP contribution in [0.5, 0.6) is 0 Å². The number of aliphatic hydroxyl groups is 1. The van der Waals surface area contributed by atoms with Gasteiger partial charge in [-0.15, -0.1) is 0 Å². The Balaban J connectivity index is 3.89. The first-order valence-electron chi connectivity index (χ1n) is 17.7. The first-order valence-corrected chi connectivity index (χ1v) is 17.7. The zero-order chi connectivity index (χ0) is 30.2. The van der Waals surface area contributed by atoms with Crippen molar-refractivity contribution < 1.29 is 24.5 Å². The quantitative estimate of drug-likeness (QED) is 0.0469. The van der Waals surface area contributed by atoms with Crippen LogP contribution in [0.4, 0.5) is 0 Å². The molecule has 5 nitrogen and oxygen atoms in total. The number of rotatable bonds is 32. The number of carboxylic acid groups (broad SMARTS) is 1. The fourth-order valence-corrected chi connectivity index (χ4v) is 5.37. The van der Waals surface area contributed by atoms with Crippen LogP contribution in [0.25, 0.3) is 0 Å². The van der Waals surface area contributed by atoms with Crippen LogP contribution in [-0.4, -0.2) is 34.4 Å². The Morgan fingerprint density at radius 3 is 1.61 bits per heavy atom.